The summed E-state index contributed by atoms with van der Waals surface area (Å²) in [6.45, 7) is 13.6. The molecule has 5 heteroatoms. The molecule has 3 atom stereocenters. The van der Waals surface area contributed by atoms with E-state index < -0.39 is 6.10 Å². The number of aromatic nitrogens is 1. The second-order valence-corrected chi connectivity index (χ2v) is 10.2. The standard InChI is InChI=1S/C22H29ClN2OS/c1-5-20(26)15-10-16(22(2,3)4)13-25(12-15)14-18-6-7-21(27-18)19-11-17(23)8-9-24-19/h5-9,11,15-16,20,26H,1,10,12-14H2,2-4H3. The van der Waals surface area contributed by atoms with Gasteiger partial charge < -0.3 is 5.11 Å². The van der Waals surface area contributed by atoms with Crippen LogP contribution >= 0.6 is 22.9 Å². The first-order chi connectivity index (χ1) is 12.8. The van der Waals surface area contributed by atoms with Crippen LogP contribution in [0.15, 0.2) is 43.1 Å². The minimum absolute atomic E-state index is 0.225. The highest BCUT2D eigenvalue weighted by molar-refractivity contribution is 7.15. The number of pyridine rings is 1. The molecule has 146 valence electrons. The molecule has 1 aliphatic heterocycles. The maximum absolute atomic E-state index is 10.4. The van der Waals surface area contributed by atoms with Crippen molar-refractivity contribution in [1.82, 2.24) is 9.88 Å². The molecule has 0 aromatic carbocycles. The molecule has 3 heterocycles. The average molecular weight is 405 g/mol. The quantitative estimate of drug-likeness (QED) is 0.669. The number of aliphatic hydroxyl groups is 1. The fourth-order valence-electron chi connectivity index (χ4n) is 3.79. The van der Waals surface area contributed by atoms with Crippen LogP contribution in [0.1, 0.15) is 32.1 Å². The first-order valence-corrected chi connectivity index (χ1v) is 10.7. The molecule has 1 saturated heterocycles. The predicted molar refractivity (Wildman–Crippen MR) is 115 cm³/mol. The summed E-state index contributed by atoms with van der Waals surface area (Å²) in [6, 6.07) is 8.01. The van der Waals surface area contributed by atoms with Crippen molar-refractivity contribution in [3.8, 4) is 10.6 Å². The van der Waals surface area contributed by atoms with E-state index in [1.54, 1.807) is 29.7 Å². The summed E-state index contributed by atoms with van der Waals surface area (Å²) in [5, 5.41) is 11.1. The van der Waals surface area contributed by atoms with E-state index in [0.29, 0.717) is 10.9 Å². The maximum atomic E-state index is 10.4. The first-order valence-electron chi connectivity index (χ1n) is 9.50. The summed E-state index contributed by atoms with van der Waals surface area (Å²) in [5.41, 5.74) is 1.15. The number of likely N-dealkylation sites (tertiary alicyclic amines) is 1. The van der Waals surface area contributed by atoms with Crippen molar-refractivity contribution in [2.45, 2.75) is 39.8 Å². The molecule has 1 N–H and O–H groups in total. The normalized spacial score (nSPS) is 22.6. The Kier molecular flexibility index (Phi) is 6.42. The second-order valence-electron chi connectivity index (χ2n) is 8.60. The van der Waals surface area contributed by atoms with Crippen molar-refractivity contribution in [3.05, 3.63) is 53.0 Å². The molecule has 27 heavy (non-hydrogen) atoms. The summed E-state index contributed by atoms with van der Waals surface area (Å²) in [5.74, 6) is 0.800. The molecule has 0 saturated carbocycles. The van der Waals surface area contributed by atoms with E-state index in [0.717, 1.165) is 36.6 Å². The Morgan fingerprint density at radius 1 is 1.37 bits per heavy atom. The van der Waals surface area contributed by atoms with Crippen LogP contribution in [0.2, 0.25) is 5.02 Å². The lowest BCUT2D eigenvalue weighted by atomic mass is 9.72. The zero-order valence-electron chi connectivity index (χ0n) is 16.4. The Bertz CT molecular complexity index is 783. The number of thiophene rings is 1. The van der Waals surface area contributed by atoms with Crippen molar-refractivity contribution in [1.29, 1.82) is 0 Å². The van der Waals surface area contributed by atoms with Gasteiger partial charge in [-0.2, -0.15) is 0 Å². The molecule has 2 aromatic heterocycles. The average Bonchev–Trinajstić information content (AvgIpc) is 3.08. The van der Waals surface area contributed by atoms with Crippen LogP contribution in [-0.2, 0) is 6.54 Å². The smallest absolute Gasteiger partial charge is 0.0816 e. The highest BCUT2D eigenvalue weighted by Gasteiger charge is 2.36. The van der Waals surface area contributed by atoms with Crippen LogP contribution in [0.5, 0.6) is 0 Å². The van der Waals surface area contributed by atoms with Gasteiger partial charge in [0.25, 0.3) is 0 Å². The Hall–Kier alpha value is -1.20. The lowest BCUT2D eigenvalue weighted by molar-refractivity contribution is 0.0139. The van der Waals surface area contributed by atoms with Crippen molar-refractivity contribution in [2.75, 3.05) is 13.1 Å². The molecule has 0 radical (unpaired) electrons. The maximum Gasteiger partial charge on any atom is 0.0816 e. The largest absolute Gasteiger partial charge is 0.389 e. The van der Waals surface area contributed by atoms with Gasteiger partial charge in [-0.25, -0.2) is 0 Å². The summed E-state index contributed by atoms with van der Waals surface area (Å²) in [4.78, 5) is 9.36. The van der Waals surface area contributed by atoms with Gasteiger partial charge in [0.2, 0.25) is 0 Å². The van der Waals surface area contributed by atoms with Crippen molar-refractivity contribution in [3.63, 3.8) is 0 Å². The number of halogens is 1. The van der Waals surface area contributed by atoms with Crippen LogP contribution in [0.4, 0.5) is 0 Å². The minimum atomic E-state index is -0.438. The molecular formula is C22H29ClN2OS. The van der Waals surface area contributed by atoms with E-state index in [2.05, 4.69) is 49.4 Å². The van der Waals surface area contributed by atoms with E-state index in [4.69, 9.17) is 11.6 Å². The Morgan fingerprint density at radius 2 is 2.15 bits per heavy atom. The van der Waals surface area contributed by atoms with Crippen molar-refractivity contribution < 1.29 is 5.11 Å². The predicted octanol–water partition coefficient (Wildman–Crippen LogP) is 5.49. The van der Waals surface area contributed by atoms with Gasteiger partial charge in [0.15, 0.2) is 0 Å². The summed E-state index contributed by atoms with van der Waals surface area (Å²) in [7, 11) is 0. The third-order valence-electron chi connectivity index (χ3n) is 5.52. The van der Waals surface area contributed by atoms with Gasteiger partial charge in [-0.05, 0) is 42.0 Å². The fraction of sp³-hybridized carbons (Fsp3) is 0.500. The summed E-state index contributed by atoms with van der Waals surface area (Å²) < 4.78 is 0. The zero-order chi connectivity index (χ0) is 19.6. The SMILES string of the molecule is C=CC(O)C1CC(C(C)(C)C)CN(Cc2ccc(-c3cc(Cl)ccn3)s2)C1. The monoisotopic (exact) mass is 404 g/mol. The molecule has 1 fully saturated rings. The molecule has 3 nitrogen and oxygen atoms in total. The van der Waals surface area contributed by atoms with Crippen LogP contribution in [0.3, 0.4) is 0 Å². The van der Waals surface area contributed by atoms with Gasteiger partial charge in [0.05, 0.1) is 16.7 Å². The number of piperidine rings is 1. The highest BCUT2D eigenvalue weighted by Crippen LogP contribution is 2.38. The van der Waals surface area contributed by atoms with Crippen molar-refractivity contribution >= 4 is 22.9 Å². The van der Waals surface area contributed by atoms with Gasteiger partial charge in [0.1, 0.15) is 0 Å². The number of hydrogen-bond acceptors (Lipinski definition) is 4. The van der Waals surface area contributed by atoms with E-state index in [9.17, 15) is 5.11 Å². The Morgan fingerprint density at radius 3 is 2.81 bits per heavy atom. The number of aliphatic hydroxyl groups excluding tert-OH is 1. The molecule has 0 amide bonds. The first kappa shape index (κ1) is 20.5. The zero-order valence-corrected chi connectivity index (χ0v) is 17.9. The van der Waals surface area contributed by atoms with Gasteiger partial charge in [-0.3, -0.25) is 9.88 Å². The topological polar surface area (TPSA) is 36.4 Å². The molecule has 1 aliphatic rings. The number of rotatable bonds is 5. The van der Waals surface area contributed by atoms with Gasteiger partial charge >= 0.3 is 0 Å². The molecule has 0 bridgehead atoms. The lowest BCUT2D eigenvalue weighted by Crippen LogP contribution is -2.47. The molecule has 3 rings (SSSR count). The van der Waals surface area contributed by atoms with Crippen LogP contribution in [0.25, 0.3) is 10.6 Å². The van der Waals surface area contributed by atoms with E-state index >= 15 is 0 Å². The second kappa shape index (κ2) is 8.44. The number of hydrogen-bond donors (Lipinski definition) is 1. The van der Waals surface area contributed by atoms with Gasteiger partial charge in [-0.1, -0.05) is 38.4 Å². The summed E-state index contributed by atoms with van der Waals surface area (Å²) in [6.07, 6.45) is 4.04. The molecule has 2 aromatic rings. The Labute approximate surface area is 171 Å². The van der Waals surface area contributed by atoms with E-state index in [1.165, 1.54) is 4.88 Å². The highest BCUT2D eigenvalue weighted by atomic mass is 35.5. The molecule has 0 spiro atoms. The van der Waals surface area contributed by atoms with E-state index in [1.807, 2.05) is 6.07 Å². The van der Waals surface area contributed by atoms with Crippen LogP contribution in [-0.4, -0.2) is 34.2 Å². The number of nitrogens with zero attached hydrogens (tertiary/aromatic N) is 2. The third kappa shape index (κ3) is 5.20. The summed E-state index contributed by atoms with van der Waals surface area (Å²) >= 11 is 7.87. The molecular weight excluding hydrogens is 376 g/mol. The third-order valence-corrected chi connectivity index (χ3v) is 6.85. The van der Waals surface area contributed by atoms with Crippen molar-refractivity contribution in [2.24, 2.45) is 17.3 Å². The van der Waals surface area contributed by atoms with E-state index in [-0.39, 0.29) is 11.3 Å². The van der Waals surface area contributed by atoms with Gasteiger partial charge in [-0.15, -0.1) is 17.9 Å². The molecule has 0 aliphatic carbocycles. The minimum Gasteiger partial charge on any atom is -0.389 e. The van der Waals surface area contributed by atoms with Gasteiger partial charge in [0, 0.05) is 41.6 Å². The molecule has 3 unspecified atom stereocenters. The fourth-order valence-corrected chi connectivity index (χ4v) is 4.97. The Balaban J connectivity index is 1.74. The van der Waals surface area contributed by atoms with Crippen LogP contribution in [0, 0.1) is 17.3 Å². The van der Waals surface area contributed by atoms with Crippen LogP contribution < -0.4 is 0 Å². The lowest BCUT2D eigenvalue weighted by Gasteiger charge is -2.44.